The van der Waals surface area contributed by atoms with Crippen LogP contribution in [0.15, 0.2) is 30.3 Å². The van der Waals surface area contributed by atoms with Gasteiger partial charge in [-0.15, -0.1) is 0 Å². The molecule has 0 aliphatic heterocycles. The van der Waals surface area contributed by atoms with Crippen LogP contribution in [0.1, 0.15) is 5.56 Å². The molecule has 0 bridgehead atoms. The summed E-state index contributed by atoms with van der Waals surface area (Å²) in [6.07, 6.45) is 2.63. The second-order valence-corrected chi connectivity index (χ2v) is 4.90. The monoisotopic (exact) mass is 452 g/mol. The maximum absolute atomic E-state index is 10.2. The van der Waals surface area contributed by atoms with E-state index in [0.29, 0.717) is 0 Å². The van der Waals surface area contributed by atoms with Crippen LogP contribution in [0.5, 0.6) is 5.75 Å². The Balaban J connectivity index is 0. The van der Waals surface area contributed by atoms with Crippen LogP contribution in [0, 0.1) is 0 Å². The third-order valence-corrected chi connectivity index (χ3v) is 2.54. The molecule has 0 fully saturated rings. The number of hydrogen-bond acceptors (Lipinski definition) is 12. The molecule has 0 atom stereocenters. The molecule has 1 rings (SSSR count). The Morgan fingerprint density at radius 3 is 1.48 bits per heavy atom. The number of carboxylic acid groups (broad SMARTS) is 1. The lowest BCUT2D eigenvalue weighted by atomic mass is 10.2. The highest BCUT2D eigenvalue weighted by Gasteiger charge is 1.91. The van der Waals surface area contributed by atoms with Crippen LogP contribution >= 0.6 is 0 Å². The Labute approximate surface area is 180 Å². The van der Waals surface area contributed by atoms with Crippen LogP contribution in [-0.4, -0.2) is 91.5 Å². The van der Waals surface area contributed by atoms with Gasteiger partial charge in [0.1, 0.15) is 5.75 Å². The molecule has 180 valence electrons. The summed E-state index contributed by atoms with van der Waals surface area (Å²) >= 11 is 0. The van der Waals surface area contributed by atoms with E-state index in [-0.39, 0.29) is 52.9 Å². The van der Waals surface area contributed by atoms with Crippen molar-refractivity contribution in [3.63, 3.8) is 0 Å². The van der Waals surface area contributed by atoms with Crippen molar-refractivity contribution in [2.24, 2.45) is 0 Å². The van der Waals surface area contributed by atoms with Gasteiger partial charge in [-0.25, -0.2) is 4.79 Å². The minimum absolute atomic E-state index is 0.0600. The number of carbonyl (C=O) groups is 1. The zero-order valence-electron chi connectivity index (χ0n) is 17.3. The molecule has 0 unspecified atom stereocenters. The Bertz CT molecular complexity index is 504. The zero-order chi connectivity index (χ0) is 23.6. The molecule has 1 aromatic rings. The van der Waals surface area contributed by atoms with Crippen molar-refractivity contribution in [1.29, 1.82) is 0 Å². The average molecular weight is 452 g/mol. The fourth-order valence-electron chi connectivity index (χ4n) is 1.32. The van der Waals surface area contributed by atoms with E-state index >= 15 is 0 Å². The van der Waals surface area contributed by atoms with Gasteiger partial charge in [0.05, 0.1) is 60.0 Å². The maximum Gasteiger partial charge on any atom is 0.328 e. The average Bonchev–Trinajstić information content (AvgIpc) is 2.79. The second-order valence-electron chi connectivity index (χ2n) is 4.90. The van der Waals surface area contributed by atoms with Crippen molar-refractivity contribution in [1.82, 2.24) is 11.3 Å². The van der Waals surface area contributed by atoms with Crippen LogP contribution < -0.4 is 16.0 Å². The predicted molar refractivity (Wildman–Crippen MR) is 108 cm³/mol. The van der Waals surface area contributed by atoms with Gasteiger partial charge in [-0.2, -0.15) is 0 Å². The normalized spacial score (nSPS) is 10.1. The van der Waals surface area contributed by atoms with E-state index in [1.165, 1.54) is 6.08 Å². The predicted octanol–water partition coefficient (Wildman–Crippen LogP) is -1.36. The first kappa shape index (κ1) is 31.0. The number of rotatable bonds is 15. The van der Waals surface area contributed by atoms with Crippen LogP contribution in [0.4, 0.5) is 0 Å². The van der Waals surface area contributed by atoms with Gasteiger partial charge < -0.3 is 30.3 Å². The maximum atomic E-state index is 10.2. The smallest absolute Gasteiger partial charge is 0.328 e. The minimum Gasteiger partial charge on any atom is -0.497 e. The number of aliphatic hydroxyl groups excluding tert-OH is 4. The molecule has 0 saturated carbocycles. The quantitative estimate of drug-likeness (QED) is 0.0939. The largest absolute Gasteiger partial charge is 0.497 e. The fourth-order valence-corrected chi connectivity index (χ4v) is 1.32. The van der Waals surface area contributed by atoms with E-state index in [2.05, 4.69) is 30.6 Å². The van der Waals surface area contributed by atoms with Gasteiger partial charge >= 0.3 is 5.97 Å². The van der Waals surface area contributed by atoms with Gasteiger partial charge in [0.15, 0.2) is 0 Å². The summed E-state index contributed by atoms with van der Waals surface area (Å²) < 4.78 is 4.95. The Kier molecular flexibility index (Phi) is 25.9. The Hall–Kier alpha value is -2.17. The third-order valence-electron chi connectivity index (χ3n) is 2.54. The number of ether oxygens (including phenoxy) is 1. The van der Waals surface area contributed by atoms with Crippen LogP contribution in [0.25, 0.3) is 6.08 Å². The molecule has 13 heteroatoms. The molecular formula is C18H32N2O11. The summed E-state index contributed by atoms with van der Waals surface area (Å²) in [6.45, 7) is 0.448. The fraction of sp³-hybridized carbons (Fsp3) is 0.500. The van der Waals surface area contributed by atoms with E-state index in [0.717, 1.165) is 17.4 Å². The lowest BCUT2D eigenvalue weighted by molar-refractivity contribution is -0.179. The highest BCUT2D eigenvalue weighted by molar-refractivity contribution is 5.85. The van der Waals surface area contributed by atoms with Gasteiger partial charge in [0, 0.05) is 6.08 Å². The van der Waals surface area contributed by atoms with Gasteiger partial charge in [0.25, 0.3) is 0 Å². The van der Waals surface area contributed by atoms with Gasteiger partial charge in [0.2, 0.25) is 0 Å². The van der Waals surface area contributed by atoms with Gasteiger partial charge in [-0.1, -0.05) is 23.4 Å². The van der Waals surface area contributed by atoms with Gasteiger partial charge in [-0.05, 0) is 23.8 Å². The Morgan fingerprint density at radius 1 is 0.806 bits per heavy atom. The minimum atomic E-state index is -0.948. The number of hydrogen-bond donors (Lipinski definition) is 7. The molecule has 0 saturated heterocycles. The van der Waals surface area contributed by atoms with Crippen LogP contribution in [-0.2, 0) is 24.1 Å². The molecule has 7 N–H and O–H groups in total. The Morgan fingerprint density at radius 2 is 1.19 bits per heavy atom. The third kappa shape index (κ3) is 25.8. The molecule has 0 heterocycles. The number of aliphatic hydroxyl groups is 4. The zero-order valence-corrected chi connectivity index (χ0v) is 17.3. The molecule has 13 nitrogen and oxygen atoms in total. The lowest BCUT2D eigenvalue weighted by Gasteiger charge is -2.01. The molecule has 31 heavy (non-hydrogen) atoms. The molecular weight excluding hydrogens is 420 g/mol. The van der Waals surface area contributed by atoms with Crippen molar-refractivity contribution in [3.05, 3.63) is 35.9 Å². The summed E-state index contributed by atoms with van der Waals surface area (Å²) in [5, 5.41) is 41.0. The summed E-state index contributed by atoms with van der Waals surface area (Å²) in [4.78, 5) is 28.0. The van der Waals surface area contributed by atoms with Crippen molar-refractivity contribution in [3.8, 4) is 5.75 Å². The molecule has 1 aromatic carbocycles. The molecule has 0 radical (unpaired) electrons. The SMILES string of the molecule is COc1ccc(C=CC(=O)O)cc1.OCCONOCCO.OCCONOCCO. The van der Waals surface area contributed by atoms with Gasteiger partial charge in [-0.3, -0.25) is 19.4 Å². The molecule has 0 spiro atoms. The van der Waals surface area contributed by atoms with E-state index in [9.17, 15) is 4.79 Å². The molecule has 0 aromatic heterocycles. The number of benzene rings is 1. The van der Waals surface area contributed by atoms with Crippen LogP contribution in [0.2, 0.25) is 0 Å². The van der Waals surface area contributed by atoms with E-state index in [4.69, 9.17) is 30.3 Å². The molecule has 0 aliphatic carbocycles. The van der Waals surface area contributed by atoms with Crippen molar-refractivity contribution >= 4 is 12.0 Å². The second kappa shape index (κ2) is 25.9. The summed E-state index contributed by atoms with van der Waals surface area (Å²) in [7, 11) is 1.59. The van der Waals surface area contributed by atoms with E-state index in [1.54, 1.807) is 31.4 Å². The first-order valence-corrected chi connectivity index (χ1v) is 9.01. The number of carboxylic acids is 1. The van der Waals surface area contributed by atoms with Crippen LogP contribution in [0.3, 0.4) is 0 Å². The molecule has 0 amide bonds. The summed E-state index contributed by atoms with van der Waals surface area (Å²) in [5.74, 6) is -0.191. The van der Waals surface area contributed by atoms with Crippen molar-refractivity contribution in [2.45, 2.75) is 0 Å². The topological polar surface area (TPSA) is 188 Å². The summed E-state index contributed by atoms with van der Waals surface area (Å²) in [5.41, 5.74) is 4.97. The van der Waals surface area contributed by atoms with Crippen molar-refractivity contribution in [2.75, 3.05) is 60.0 Å². The number of aliphatic carboxylic acids is 1. The number of methoxy groups -OCH3 is 1. The standard InChI is InChI=1S/C10H10O3.2C4H11NO4/c1-13-9-5-2-8(3-6-9)4-7-10(11)12;2*6-1-3-8-5-9-4-2-7/h2-7H,1H3,(H,11,12);2*5-7H,1-4H2. The number of nitrogens with one attached hydrogen (secondary N) is 2. The van der Waals surface area contributed by atoms with E-state index < -0.39 is 5.97 Å². The lowest BCUT2D eigenvalue weighted by Crippen LogP contribution is -2.19. The first-order chi connectivity index (χ1) is 15.0. The van der Waals surface area contributed by atoms with E-state index in [1.807, 2.05) is 0 Å². The molecule has 0 aliphatic rings. The first-order valence-electron chi connectivity index (χ1n) is 9.01. The highest BCUT2D eigenvalue weighted by atomic mass is 16.9. The van der Waals surface area contributed by atoms with Crippen molar-refractivity contribution < 1.29 is 54.4 Å². The highest BCUT2D eigenvalue weighted by Crippen LogP contribution is 2.11. The summed E-state index contributed by atoms with van der Waals surface area (Å²) in [6, 6.07) is 7.14.